The molecule has 2 aromatic heterocycles. The van der Waals surface area contributed by atoms with E-state index in [0.717, 1.165) is 31.5 Å². The second kappa shape index (κ2) is 9.36. The van der Waals surface area contributed by atoms with Gasteiger partial charge in [-0.1, -0.05) is 12.8 Å². The lowest BCUT2D eigenvalue weighted by Gasteiger charge is -2.33. The molecule has 0 bridgehead atoms. The monoisotopic (exact) mass is 500 g/mol. The Hall–Kier alpha value is -2.76. The Morgan fingerprint density at radius 3 is 2.71 bits per heavy atom. The zero-order valence-corrected chi connectivity index (χ0v) is 21.2. The smallest absolute Gasteiger partial charge is 0.277 e. The first kappa shape index (κ1) is 24.0. The summed E-state index contributed by atoms with van der Waals surface area (Å²) >= 11 is 0. The van der Waals surface area contributed by atoms with Crippen molar-refractivity contribution >= 4 is 15.5 Å². The Balaban J connectivity index is 1.66. The van der Waals surface area contributed by atoms with Crippen LogP contribution in [-0.4, -0.2) is 64.6 Å². The molecule has 3 heterocycles. The Morgan fingerprint density at radius 2 is 2.00 bits per heavy atom. The fourth-order valence-corrected chi connectivity index (χ4v) is 6.87. The van der Waals surface area contributed by atoms with E-state index >= 15 is 0 Å². The van der Waals surface area contributed by atoms with E-state index in [4.69, 9.17) is 14.8 Å². The molecule has 1 saturated carbocycles. The van der Waals surface area contributed by atoms with Crippen molar-refractivity contribution in [1.29, 1.82) is 0 Å². The minimum absolute atomic E-state index is 0.144. The third kappa shape index (κ3) is 4.25. The van der Waals surface area contributed by atoms with Crippen molar-refractivity contribution in [3.63, 3.8) is 0 Å². The highest BCUT2D eigenvalue weighted by Crippen LogP contribution is 2.35. The molecule has 1 aliphatic heterocycles. The molecule has 188 valence electrons. The van der Waals surface area contributed by atoms with E-state index in [9.17, 15) is 13.2 Å². The van der Waals surface area contributed by atoms with Gasteiger partial charge in [-0.15, -0.1) is 5.10 Å². The van der Waals surface area contributed by atoms with Crippen LogP contribution in [0.25, 0.3) is 16.9 Å². The van der Waals surface area contributed by atoms with Gasteiger partial charge in [0.2, 0.25) is 10.0 Å². The van der Waals surface area contributed by atoms with Crippen LogP contribution >= 0.6 is 0 Å². The van der Waals surface area contributed by atoms with E-state index in [1.54, 1.807) is 22.7 Å². The summed E-state index contributed by atoms with van der Waals surface area (Å²) in [5.41, 5.74) is 1.18. The van der Waals surface area contributed by atoms with Gasteiger partial charge < -0.3 is 15.0 Å². The molecule has 1 aromatic carbocycles. The predicted octanol–water partition coefficient (Wildman–Crippen LogP) is 2.43. The van der Waals surface area contributed by atoms with E-state index in [0.29, 0.717) is 48.8 Å². The van der Waals surface area contributed by atoms with Crippen molar-refractivity contribution in [2.75, 3.05) is 26.2 Å². The van der Waals surface area contributed by atoms with Gasteiger partial charge in [-0.2, -0.15) is 4.31 Å². The van der Waals surface area contributed by atoms with Crippen LogP contribution in [0, 0.1) is 6.92 Å². The number of hydrogen-bond acceptors (Lipinski definition) is 7. The van der Waals surface area contributed by atoms with Gasteiger partial charge in [0.25, 0.3) is 5.56 Å². The van der Waals surface area contributed by atoms with Crippen LogP contribution in [0.2, 0.25) is 0 Å². The number of hydrogen-bond donors (Lipinski definition) is 2. The zero-order valence-electron chi connectivity index (χ0n) is 20.4. The molecule has 1 aliphatic carbocycles. The molecular formula is C24H32N6O4S. The van der Waals surface area contributed by atoms with Crippen molar-refractivity contribution in [2.24, 2.45) is 0 Å². The van der Waals surface area contributed by atoms with E-state index in [1.807, 2.05) is 20.8 Å². The van der Waals surface area contributed by atoms with Crippen molar-refractivity contribution in [3.05, 3.63) is 40.1 Å². The summed E-state index contributed by atoms with van der Waals surface area (Å²) in [6, 6.07) is 4.58. The molecule has 1 atom stereocenters. The number of sulfonamides is 1. The number of piperazine rings is 1. The van der Waals surface area contributed by atoms with Crippen LogP contribution in [-0.2, 0) is 10.0 Å². The molecular weight excluding hydrogens is 468 g/mol. The number of nitrogens with one attached hydrogen (secondary N) is 2. The Bertz CT molecular complexity index is 1410. The normalized spacial score (nSPS) is 20.0. The van der Waals surface area contributed by atoms with Gasteiger partial charge in [-0.3, -0.25) is 4.79 Å². The maximum Gasteiger partial charge on any atom is 0.277 e. The second-order valence-corrected chi connectivity index (χ2v) is 11.3. The Morgan fingerprint density at radius 1 is 1.23 bits per heavy atom. The molecule has 0 amide bonds. The first-order valence-corrected chi connectivity index (χ1v) is 13.7. The summed E-state index contributed by atoms with van der Waals surface area (Å²) < 4.78 is 36.0. The molecule has 35 heavy (non-hydrogen) atoms. The van der Waals surface area contributed by atoms with Crippen molar-refractivity contribution in [1.82, 2.24) is 29.2 Å². The number of rotatable bonds is 6. The first-order chi connectivity index (χ1) is 16.8. The minimum Gasteiger partial charge on any atom is -0.493 e. The highest BCUT2D eigenvalue weighted by atomic mass is 32.2. The summed E-state index contributed by atoms with van der Waals surface area (Å²) in [4.78, 5) is 20.8. The van der Waals surface area contributed by atoms with E-state index in [1.165, 1.54) is 4.31 Å². The quantitative estimate of drug-likeness (QED) is 0.533. The number of imidazole rings is 1. The minimum atomic E-state index is -3.74. The number of fused-ring (bicyclic) bond motifs is 1. The van der Waals surface area contributed by atoms with Crippen LogP contribution in [0.3, 0.4) is 0 Å². The molecule has 11 heteroatoms. The van der Waals surface area contributed by atoms with Crippen molar-refractivity contribution < 1.29 is 13.2 Å². The van der Waals surface area contributed by atoms with Gasteiger partial charge in [0.1, 0.15) is 11.6 Å². The fourth-order valence-electron chi connectivity index (χ4n) is 5.21. The standard InChI is InChI=1S/C24H32N6O4S/c1-4-34-20-10-9-18(35(32,33)29-12-11-25-14-15(29)2)13-19(20)22-27-24(31)21-16(3)26-23(30(21)28-22)17-7-5-6-8-17/h9-10,13,15,17,25H,4-8,11-12,14H2,1-3H3,(H,27,28,31). The molecule has 3 aromatic rings. The van der Waals surface area contributed by atoms with E-state index in [2.05, 4.69) is 10.3 Å². The summed E-state index contributed by atoms with van der Waals surface area (Å²) in [5, 5.41) is 7.99. The van der Waals surface area contributed by atoms with Gasteiger partial charge in [-0.05, 0) is 51.8 Å². The van der Waals surface area contributed by atoms with Gasteiger partial charge in [0.15, 0.2) is 11.3 Å². The van der Waals surface area contributed by atoms with Crippen LogP contribution in [0.4, 0.5) is 0 Å². The van der Waals surface area contributed by atoms with Gasteiger partial charge >= 0.3 is 0 Å². The lowest BCUT2D eigenvalue weighted by molar-refractivity contribution is 0.284. The largest absolute Gasteiger partial charge is 0.493 e. The lowest BCUT2D eigenvalue weighted by atomic mass is 10.1. The van der Waals surface area contributed by atoms with Crippen LogP contribution in [0.5, 0.6) is 5.75 Å². The second-order valence-electron chi connectivity index (χ2n) is 9.36. The lowest BCUT2D eigenvalue weighted by Crippen LogP contribution is -2.52. The summed E-state index contributed by atoms with van der Waals surface area (Å²) in [6.07, 6.45) is 4.30. The molecule has 0 radical (unpaired) electrons. The molecule has 1 saturated heterocycles. The molecule has 10 nitrogen and oxygen atoms in total. The predicted molar refractivity (Wildman–Crippen MR) is 132 cm³/mol. The highest BCUT2D eigenvalue weighted by molar-refractivity contribution is 7.89. The summed E-state index contributed by atoms with van der Waals surface area (Å²) in [6.45, 7) is 7.54. The van der Waals surface area contributed by atoms with Crippen LogP contribution in [0.1, 0.15) is 57.0 Å². The van der Waals surface area contributed by atoms with Crippen LogP contribution < -0.4 is 15.6 Å². The third-order valence-corrected chi connectivity index (χ3v) is 8.98. The van der Waals surface area contributed by atoms with Gasteiger partial charge in [0, 0.05) is 31.6 Å². The van der Waals surface area contributed by atoms with Crippen molar-refractivity contribution in [3.8, 4) is 17.1 Å². The van der Waals surface area contributed by atoms with Crippen molar-refractivity contribution in [2.45, 2.75) is 63.3 Å². The number of benzene rings is 1. The molecule has 0 spiro atoms. The molecule has 5 rings (SSSR count). The Labute approximate surface area is 204 Å². The van der Waals surface area contributed by atoms with Crippen LogP contribution in [0.15, 0.2) is 27.9 Å². The first-order valence-electron chi connectivity index (χ1n) is 12.3. The molecule has 1 unspecified atom stereocenters. The van der Waals surface area contributed by atoms with E-state index in [-0.39, 0.29) is 28.2 Å². The molecule has 2 fully saturated rings. The van der Waals surface area contributed by atoms with Gasteiger partial charge in [-0.25, -0.2) is 17.9 Å². The third-order valence-electron chi connectivity index (χ3n) is 6.97. The zero-order chi connectivity index (χ0) is 24.7. The molecule has 2 aliphatic rings. The number of ether oxygens (including phenoxy) is 1. The van der Waals surface area contributed by atoms with E-state index < -0.39 is 10.0 Å². The number of aromatic nitrogens is 4. The number of H-pyrrole nitrogens is 1. The highest BCUT2D eigenvalue weighted by Gasteiger charge is 2.32. The SMILES string of the molecule is CCOc1ccc(S(=O)(=O)N2CCNCC2C)cc1-c1nn2c(C3CCCC3)nc(C)c2c(=O)[nH]1. The van der Waals surface area contributed by atoms with Gasteiger partial charge in [0.05, 0.1) is 22.8 Å². The topological polar surface area (TPSA) is 122 Å². The average Bonchev–Trinajstić information content (AvgIpc) is 3.48. The summed E-state index contributed by atoms with van der Waals surface area (Å²) in [5.74, 6) is 1.76. The fraction of sp³-hybridized carbons (Fsp3) is 0.542. The average molecular weight is 501 g/mol. The maximum atomic E-state index is 13.5. The number of aryl methyl sites for hydroxylation is 1. The summed E-state index contributed by atoms with van der Waals surface area (Å²) in [7, 11) is -3.74. The molecule has 2 N–H and O–H groups in total. The Kier molecular flexibility index (Phi) is 6.41. The number of aromatic amines is 1. The maximum absolute atomic E-state index is 13.5. The number of nitrogens with zero attached hydrogens (tertiary/aromatic N) is 4.